The van der Waals surface area contributed by atoms with Crippen molar-refractivity contribution in [3.05, 3.63) is 43.7 Å². The molecular formula is C17H15Cl2NO3S. The fraction of sp³-hybridized carbons (Fsp3) is 0.294. The number of carbonyl (C=O) groups excluding carboxylic acids is 1. The number of hydrogen-bond donors (Lipinski definition) is 1. The van der Waals surface area contributed by atoms with E-state index in [4.69, 9.17) is 27.9 Å². The van der Waals surface area contributed by atoms with E-state index in [0.29, 0.717) is 21.2 Å². The molecule has 1 aromatic heterocycles. The molecule has 0 bridgehead atoms. The summed E-state index contributed by atoms with van der Waals surface area (Å²) in [5.74, 6) is -0.472. The third-order valence-electron chi connectivity index (χ3n) is 3.92. The van der Waals surface area contributed by atoms with Crippen molar-refractivity contribution in [1.82, 2.24) is 0 Å². The Morgan fingerprint density at radius 1 is 1.33 bits per heavy atom. The monoisotopic (exact) mass is 383 g/mol. The number of aliphatic imine (C=N–C) groups is 1. The summed E-state index contributed by atoms with van der Waals surface area (Å²) < 4.78 is 4.92. The Labute approximate surface area is 153 Å². The van der Waals surface area contributed by atoms with E-state index in [1.165, 1.54) is 35.6 Å². The van der Waals surface area contributed by atoms with E-state index in [1.54, 1.807) is 6.07 Å². The molecule has 4 nitrogen and oxygen atoms in total. The summed E-state index contributed by atoms with van der Waals surface area (Å²) in [5.41, 5.74) is 1.97. The Balaban J connectivity index is 2.04. The van der Waals surface area contributed by atoms with Gasteiger partial charge in [-0.25, -0.2) is 9.79 Å². The predicted octanol–water partition coefficient (Wildman–Crippen LogP) is 5.18. The fourth-order valence-electron chi connectivity index (χ4n) is 2.77. The van der Waals surface area contributed by atoms with Gasteiger partial charge in [-0.2, -0.15) is 0 Å². The number of halogens is 2. The number of nitrogens with zero attached hydrogens (tertiary/aromatic N) is 1. The van der Waals surface area contributed by atoms with Crippen molar-refractivity contribution in [3.8, 4) is 5.75 Å². The molecule has 126 valence electrons. The number of phenols is 1. The van der Waals surface area contributed by atoms with Crippen LogP contribution in [0, 0.1) is 0 Å². The largest absolute Gasteiger partial charge is 0.506 e. The molecule has 0 fully saturated rings. The average molecular weight is 384 g/mol. The molecular weight excluding hydrogens is 369 g/mol. The van der Waals surface area contributed by atoms with Gasteiger partial charge >= 0.3 is 5.97 Å². The van der Waals surface area contributed by atoms with E-state index in [0.717, 1.165) is 31.2 Å². The summed E-state index contributed by atoms with van der Waals surface area (Å²) in [7, 11) is 1.37. The zero-order valence-electron chi connectivity index (χ0n) is 12.9. The Morgan fingerprint density at radius 2 is 2.08 bits per heavy atom. The van der Waals surface area contributed by atoms with Crippen molar-refractivity contribution in [1.29, 1.82) is 0 Å². The van der Waals surface area contributed by atoms with Gasteiger partial charge in [0.2, 0.25) is 0 Å². The molecule has 7 heteroatoms. The van der Waals surface area contributed by atoms with Crippen molar-refractivity contribution in [2.24, 2.45) is 4.99 Å². The van der Waals surface area contributed by atoms with Crippen molar-refractivity contribution in [2.75, 3.05) is 7.11 Å². The van der Waals surface area contributed by atoms with Gasteiger partial charge < -0.3 is 9.84 Å². The lowest BCUT2D eigenvalue weighted by Crippen LogP contribution is -2.07. The molecule has 0 saturated carbocycles. The van der Waals surface area contributed by atoms with E-state index in [-0.39, 0.29) is 16.7 Å². The first-order chi connectivity index (χ1) is 11.5. The van der Waals surface area contributed by atoms with E-state index in [9.17, 15) is 9.90 Å². The maximum Gasteiger partial charge on any atom is 0.341 e. The van der Waals surface area contributed by atoms with E-state index < -0.39 is 0 Å². The van der Waals surface area contributed by atoms with Crippen molar-refractivity contribution >= 4 is 51.7 Å². The van der Waals surface area contributed by atoms with Crippen LogP contribution in [-0.4, -0.2) is 24.4 Å². The summed E-state index contributed by atoms with van der Waals surface area (Å²) in [4.78, 5) is 17.8. The Hall–Kier alpha value is -1.56. The minimum Gasteiger partial charge on any atom is -0.506 e. The number of aryl methyl sites for hydroxylation is 1. The van der Waals surface area contributed by atoms with Crippen LogP contribution in [-0.2, 0) is 17.6 Å². The van der Waals surface area contributed by atoms with Crippen LogP contribution in [0.5, 0.6) is 5.75 Å². The molecule has 0 radical (unpaired) electrons. The van der Waals surface area contributed by atoms with Crippen molar-refractivity contribution in [2.45, 2.75) is 25.7 Å². The number of esters is 1. The highest BCUT2D eigenvalue weighted by atomic mass is 35.5. The minimum atomic E-state index is -0.380. The van der Waals surface area contributed by atoms with Crippen molar-refractivity contribution < 1.29 is 14.6 Å². The number of benzene rings is 1. The number of hydrogen-bond acceptors (Lipinski definition) is 5. The first kappa shape index (κ1) is 17.3. The van der Waals surface area contributed by atoms with Gasteiger partial charge in [0.05, 0.1) is 17.7 Å². The molecule has 0 aliphatic heterocycles. The lowest BCUT2D eigenvalue weighted by Gasteiger charge is -2.11. The highest BCUT2D eigenvalue weighted by molar-refractivity contribution is 7.16. The van der Waals surface area contributed by atoms with Gasteiger partial charge in [-0.15, -0.1) is 11.3 Å². The van der Waals surface area contributed by atoms with Gasteiger partial charge in [-0.05, 0) is 43.4 Å². The zero-order valence-corrected chi connectivity index (χ0v) is 15.3. The van der Waals surface area contributed by atoms with Crippen LogP contribution in [0.2, 0.25) is 10.0 Å². The van der Waals surface area contributed by atoms with E-state index in [1.807, 2.05) is 0 Å². The van der Waals surface area contributed by atoms with Crippen LogP contribution in [0.1, 0.15) is 39.2 Å². The fourth-order valence-corrected chi connectivity index (χ4v) is 4.50. The molecule has 0 amide bonds. The number of fused-ring (bicyclic) bond motifs is 1. The molecule has 1 aliphatic carbocycles. The van der Waals surface area contributed by atoms with Gasteiger partial charge in [0.15, 0.2) is 0 Å². The van der Waals surface area contributed by atoms with Crippen LogP contribution in [0.15, 0.2) is 17.1 Å². The quantitative estimate of drug-likeness (QED) is 0.586. The number of aromatic hydroxyl groups is 1. The second-order valence-corrected chi connectivity index (χ2v) is 7.39. The summed E-state index contributed by atoms with van der Waals surface area (Å²) in [6.45, 7) is 0. The number of thiophene rings is 1. The molecule has 1 N–H and O–H groups in total. The maximum atomic E-state index is 12.2. The number of ether oxygens (including phenoxy) is 1. The normalized spacial score (nSPS) is 14.0. The number of methoxy groups -OCH3 is 1. The van der Waals surface area contributed by atoms with Gasteiger partial charge in [-0.1, -0.05) is 23.2 Å². The van der Waals surface area contributed by atoms with Crippen LogP contribution in [0.4, 0.5) is 5.00 Å². The number of carbonyl (C=O) groups is 1. The Bertz CT molecular complexity index is 830. The molecule has 1 aromatic carbocycles. The van der Waals surface area contributed by atoms with Gasteiger partial charge in [0, 0.05) is 21.7 Å². The third kappa shape index (κ3) is 3.29. The zero-order chi connectivity index (χ0) is 17.3. The van der Waals surface area contributed by atoms with Crippen LogP contribution in [0.25, 0.3) is 0 Å². The van der Waals surface area contributed by atoms with Crippen LogP contribution < -0.4 is 0 Å². The van der Waals surface area contributed by atoms with Crippen LogP contribution in [0.3, 0.4) is 0 Å². The summed E-state index contributed by atoms with van der Waals surface area (Å²) in [5, 5.41) is 11.2. The van der Waals surface area contributed by atoms with Crippen molar-refractivity contribution in [3.63, 3.8) is 0 Å². The highest BCUT2D eigenvalue weighted by Crippen LogP contribution is 2.40. The lowest BCUT2D eigenvalue weighted by molar-refractivity contribution is 0.0601. The molecule has 24 heavy (non-hydrogen) atoms. The number of rotatable bonds is 3. The number of phenolic OH excluding ortho intramolecular Hbond substituents is 1. The summed E-state index contributed by atoms with van der Waals surface area (Å²) in [6, 6.07) is 3.02. The van der Waals surface area contributed by atoms with Gasteiger partial charge in [0.1, 0.15) is 10.8 Å². The minimum absolute atomic E-state index is 0.0919. The second kappa shape index (κ2) is 7.13. The standard InChI is InChI=1S/C17H15Cl2NO3S/c1-23-17(22)14-11-4-2-3-5-13(11)24-16(14)20-8-9-6-10(18)7-12(19)15(9)21/h6-8,21H,2-5H2,1H3. The first-order valence-electron chi connectivity index (χ1n) is 7.46. The highest BCUT2D eigenvalue weighted by Gasteiger charge is 2.25. The van der Waals surface area contributed by atoms with E-state index >= 15 is 0 Å². The molecule has 0 unspecified atom stereocenters. The molecule has 3 rings (SSSR count). The third-order valence-corrected chi connectivity index (χ3v) is 5.63. The SMILES string of the molecule is COC(=O)c1c(N=Cc2cc(Cl)cc(Cl)c2O)sc2c1CCCC2. The maximum absolute atomic E-state index is 12.2. The first-order valence-corrected chi connectivity index (χ1v) is 9.03. The van der Waals surface area contributed by atoms with E-state index in [2.05, 4.69) is 4.99 Å². The van der Waals surface area contributed by atoms with Crippen LogP contribution >= 0.6 is 34.5 Å². The smallest absolute Gasteiger partial charge is 0.341 e. The Morgan fingerprint density at radius 3 is 2.83 bits per heavy atom. The molecule has 0 saturated heterocycles. The Kier molecular flexibility index (Phi) is 5.13. The lowest BCUT2D eigenvalue weighted by atomic mass is 9.95. The average Bonchev–Trinajstić information content (AvgIpc) is 2.94. The summed E-state index contributed by atoms with van der Waals surface area (Å²) in [6.07, 6.45) is 5.45. The molecule has 0 spiro atoms. The summed E-state index contributed by atoms with van der Waals surface area (Å²) >= 11 is 13.4. The molecule has 2 aromatic rings. The van der Waals surface area contributed by atoms with Gasteiger partial charge in [0.25, 0.3) is 0 Å². The molecule has 0 atom stereocenters. The predicted molar refractivity (Wildman–Crippen MR) is 97.7 cm³/mol. The van der Waals surface area contributed by atoms with Gasteiger partial charge in [-0.3, -0.25) is 0 Å². The molecule has 1 aliphatic rings. The molecule has 1 heterocycles. The second-order valence-electron chi connectivity index (χ2n) is 5.47. The topological polar surface area (TPSA) is 58.9 Å².